The average molecular weight is 252 g/mol. The van der Waals surface area contributed by atoms with Crippen molar-refractivity contribution in [2.24, 2.45) is 0 Å². The number of hydrogen-bond acceptors (Lipinski definition) is 2. The van der Waals surface area contributed by atoms with Gasteiger partial charge in [0.15, 0.2) is 11.5 Å². The topological polar surface area (TPSA) is 18.5 Å². The maximum absolute atomic E-state index is 5.84. The quantitative estimate of drug-likeness (QED) is 0.762. The Balaban J connectivity index is 2.46. The molecule has 2 aromatic carbocycles. The van der Waals surface area contributed by atoms with Crippen molar-refractivity contribution in [1.82, 2.24) is 0 Å². The third kappa shape index (κ3) is 2.68. The van der Waals surface area contributed by atoms with Crippen LogP contribution < -0.4 is 9.47 Å². The Hall–Kier alpha value is -2.48. The van der Waals surface area contributed by atoms with Gasteiger partial charge in [0.1, 0.15) is 5.75 Å². The van der Waals surface area contributed by atoms with Crippen LogP contribution in [0.5, 0.6) is 17.2 Å². The molecular weight excluding hydrogens is 236 g/mol. The van der Waals surface area contributed by atoms with Gasteiger partial charge in [-0.25, -0.2) is 0 Å². The van der Waals surface area contributed by atoms with E-state index in [1.54, 1.807) is 19.3 Å². The highest BCUT2D eigenvalue weighted by molar-refractivity contribution is 5.72. The average Bonchev–Trinajstić information content (AvgIpc) is 2.47. The molecule has 2 heteroatoms. The lowest BCUT2D eigenvalue weighted by molar-refractivity contribution is 0.378. The van der Waals surface area contributed by atoms with Crippen molar-refractivity contribution in [3.8, 4) is 17.2 Å². The van der Waals surface area contributed by atoms with Crippen molar-refractivity contribution in [1.29, 1.82) is 0 Å². The van der Waals surface area contributed by atoms with Crippen LogP contribution in [0.15, 0.2) is 55.6 Å². The van der Waals surface area contributed by atoms with Gasteiger partial charge >= 0.3 is 0 Å². The largest absolute Gasteiger partial charge is 0.492 e. The van der Waals surface area contributed by atoms with Gasteiger partial charge in [-0.3, -0.25) is 0 Å². The van der Waals surface area contributed by atoms with Gasteiger partial charge in [-0.2, -0.15) is 0 Å². The molecule has 0 saturated heterocycles. The molecule has 2 aromatic rings. The third-order valence-electron chi connectivity index (χ3n) is 2.79. The predicted molar refractivity (Wildman–Crippen MR) is 79.7 cm³/mol. The van der Waals surface area contributed by atoms with Gasteiger partial charge in [0.05, 0.1) is 7.11 Å². The fraction of sp³-hybridized carbons (Fsp3) is 0.0588. The van der Waals surface area contributed by atoms with Crippen LogP contribution in [0.4, 0.5) is 0 Å². The molecule has 0 unspecified atom stereocenters. The maximum Gasteiger partial charge on any atom is 0.169 e. The van der Waals surface area contributed by atoms with E-state index in [9.17, 15) is 0 Å². The lowest BCUT2D eigenvalue weighted by atomic mass is 10.1. The zero-order valence-corrected chi connectivity index (χ0v) is 10.9. The molecule has 0 spiro atoms. The molecule has 2 rings (SSSR count). The Bertz CT molecular complexity index is 586. The smallest absolute Gasteiger partial charge is 0.169 e. The minimum absolute atomic E-state index is 0.661. The monoisotopic (exact) mass is 252 g/mol. The van der Waals surface area contributed by atoms with E-state index in [-0.39, 0.29) is 0 Å². The zero-order valence-electron chi connectivity index (χ0n) is 10.9. The van der Waals surface area contributed by atoms with E-state index in [2.05, 4.69) is 13.2 Å². The van der Waals surface area contributed by atoms with Crippen LogP contribution in [-0.2, 0) is 0 Å². The molecule has 0 aliphatic carbocycles. The van der Waals surface area contributed by atoms with Crippen LogP contribution in [0.1, 0.15) is 11.1 Å². The molecule has 0 aliphatic rings. The molecule has 0 amide bonds. The number of rotatable bonds is 5. The summed E-state index contributed by atoms with van der Waals surface area (Å²) in [4.78, 5) is 0. The minimum Gasteiger partial charge on any atom is -0.492 e. The van der Waals surface area contributed by atoms with Gasteiger partial charge in [-0.15, -0.1) is 0 Å². The van der Waals surface area contributed by atoms with E-state index in [1.807, 2.05) is 42.5 Å². The van der Waals surface area contributed by atoms with Crippen LogP contribution >= 0.6 is 0 Å². The van der Waals surface area contributed by atoms with Crippen molar-refractivity contribution in [3.05, 3.63) is 66.7 Å². The van der Waals surface area contributed by atoms with Gasteiger partial charge in [-0.1, -0.05) is 49.6 Å². The summed E-state index contributed by atoms with van der Waals surface area (Å²) in [5, 5.41) is 0. The van der Waals surface area contributed by atoms with Crippen LogP contribution in [0.25, 0.3) is 12.2 Å². The van der Waals surface area contributed by atoms with Crippen molar-refractivity contribution >= 4 is 12.2 Å². The second-order valence-electron chi connectivity index (χ2n) is 3.92. The highest BCUT2D eigenvalue weighted by atomic mass is 16.5. The third-order valence-corrected chi connectivity index (χ3v) is 2.79. The Kier molecular flexibility index (Phi) is 4.04. The lowest BCUT2D eigenvalue weighted by Crippen LogP contribution is -1.94. The summed E-state index contributed by atoms with van der Waals surface area (Å²) in [6.07, 6.45) is 3.51. The first-order valence-corrected chi connectivity index (χ1v) is 5.99. The fourth-order valence-electron chi connectivity index (χ4n) is 1.89. The number of methoxy groups -OCH3 is 1. The van der Waals surface area contributed by atoms with Crippen molar-refractivity contribution in [2.75, 3.05) is 7.11 Å². The SMILES string of the molecule is C=Cc1ccc(Oc2ccccc2)c(OC)c1C=C. The van der Waals surface area contributed by atoms with Gasteiger partial charge in [0, 0.05) is 5.56 Å². The van der Waals surface area contributed by atoms with E-state index < -0.39 is 0 Å². The van der Waals surface area contributed by atoms with E-state index in [0.29, 0.717) is 11.5 Å². The number of hydrogen-bond donors (Lipinski definition) is 0. The van der Waals surface area contributed by atoms with Gasteiger partial charge in [0.25, 0.3) is 0 Å². The summed E-state index contributed by atoms with van der Waals surface area (Å²) < 4.78 is 11.3. The molecule has 0 fully saturated rings. The second kappa shape index (κ2) is 5.91. The molecule has 0 bridgehead atoms. The Morgan fingerprint density at radius 1 is 0.947 bits per heavy atom. The van der Waals surface area contributed by atoms with Crippen LogP contribution in [0, 0.1) is 0 Å². The molecule has 0 aromatic heterocycles. The second-order valence-corrected chi connectivity index (χ2v) is 3.92. The Morgan fingerprint density at radius 3 is 2.26 bits per heavy atom. The van der Waals surface area contributed by atoms with E-state index >= 15 is 0 Å². The van der Waals surface area contributed by atoms with Crippen molar-refractivity contribution in [3.63, 3.8) is 0 Å². The molecule has 0 atom stereocenters. The first-order valence-electron chi connectivity index (χ1n) is 5.99. The van der Waals surface area contributed by atoms with Crippen LogP contribution in [0.3, 0.4) is 0 Å². The Labute approximate surface area is 113 Å². The number of para-hydroxylation sites is 1. The van der Waals surface area contributed by atoms with Crippen LogP contribution in [-0.4, -0.2) is 7.11 Å². The summed E-state index contributed by atoms with van der Waals surface area (Å²) in [6.45, 7) is 7.60. The van der Waals surface area contributed by atoms with E-state index in [4.69, 9.17) is 9.47 Å². The molecule has 0 aliphatic heterocycles. The summed E-state index contributed by atoms with van der Waals surface area (Å²) in [6, 6.07) is 13.4. The van der Waals surface area contributed by atoms with Gasteiger partial charge < -0.3 is 9.47 Å². The molecule has 0 N–H and O–H groups in total. The molecule has 19 heavy (non-hydrogen) atoms. The lowest BCUT2D eigenvalue weighted by Gasteiger charge is -2.14. The predicted octanol–water partition coefficient (Wildman–Crippen LogP) is 4.77. The number of benzene rings is 2. The molecule has 0 heterocycles. The number of ether oxygens (including phenoxy) is 2. The molecule has 2 nitrogen and oxygen atoms in total. The Morgan fingerprint density at radius 2 is 1.68 bits per heavy atom. The minimum atomic E-state index is 0.661. The van der Waals surface area contributed by atoms with Crippen molar-refractivity contribution < 1.29 is 9.47 Å². The van der Waals surface area contributed by atoms with Crippen LogP contribution in [0.2, 0.25) is 0 Å². The molecule has 0 radical (unpaired) electrons. The summed E-state index contributed by atoms with van der Waals surface area (Å²) in [5.74, 6) is 2.09. The molecular formula is C17H16O2. The molecule has 0 saturated carbocycles. The van der Waals surface area contributed by atoms with E-state index in [0.717, 1.165) is 16.9 Å². The maximum atomic E-state index is 5.84. The first-order chi connectivity index (χ1) is 9.30. The van der Waals surface area contributed by atoms with Gasteiger partial charge in [0.2, 0.25) is 0 Å². The van der Waals surface area contributed by atoms with Gasteiger partial charge in [-0.05, 0) is 23.8 Å². The summed E-state index contributed by atoms with van der Waals surface area (Å²) in [5.41, 5.74) is 1.85. The standard InChI is InChI=1S/C17H16O2/c1-4-13-11-12-16(17(18-3)15(13)5-2)19-14-9-7-6-8-10-14/h4-12H,1-2H2,3H3. The highest BCUT2D eigenvalue weighted by Crippen LogP contribution is 2.37. The van der Waals surface area contributed by atoms with Crippen molar-refractivity contribution in [2.45, 2.75) is 0 Å². The van der Waals surface area contributed by atoms with E-state index in [1.165, 1.54) is 0 Å². The summed E-state index contributed by atoms with van der Waals surface area (Å²) >= 11 is 0. The first kappa shape index (κ1) is 13.0. The fourth-order valence-corrected chi connectivity index (χ4v) is 1.89. The highest BCUT2D eigenvalue weighted by Gasteiger charge is 2.12. The summed E-state index contributed by atoms with van der Waals surface area (Å²) in [7, 11) is 1.62. The normalized spacial score (nSPS) is 9.74. The zero-order chi connectivity index (χ0) is 13.7. The molecule has 96 valence electrons.